The summed E-state index contributed by atoms with van der Waals surface area (Å²) >= 11 is 12.0. The number of urea groups is 1. The van der Waals surface area contributed by atoms with E-state index in [-0.39, 0.29) is 19.1 Å². The summed E-state index contributed by atoms with van der Waals surface area (Å²) in [5.41, 5.74) is 2.42. The number of carbonyl (C=O) groups is 3. The van der Waals surface area contributed by atoms with Crippen LogP contribution >= 0.6 is 23.2 Å². The third-order valence-electron chi connectivity index (χ3n) is 4.83. The van der Waals surface area contributed by atoms with Gasteiger partial charge in [-0.2, -0.15) is 5.10 Å². The smallest absolute Gasteiger partial charge is 0.325 e. The maximum absolute atomic E-state index is 13.0. The molecule has 1 atom stereocenters. The third-order valence-corrected chi connectivity index (χ3v) is 5.33. The molecule has 9 heteroatoms. The molecule has 2 aromatic carbocycles. The first-order valence-electron chi connectivity index (χ1n) is 8.91. The van der Waals surface area contributed by atoms with E-state index >= 15 is 0 Å². The van der Waals surface area contributed by atoms with Gasteiger partial charge in [0.05, 0.1) is 18.3 Å². The first-order valence-corrected chi connectivity index (χ1v) is 9.67. The maximum Gasteiger partial charge on any atom is 0.325 e. The molecule has 29 heavy (non-hydrogen) atoms. The van der Waals surface area contributed by atoms with Crippen LogP contribution in [0.25, 0.3) is 0 Å². The molecule has 1 N–H and O–H groups in total. The Morgan fingerprint density at radius 3 is 2.24 bits per heavy atom. The van der Waals surface area contributed by atoms with E-state index in [4.69, 9.17) is 23.2 Å². The van der Waals surface area contributed by atoms with E-state index in [0.29, 0.717) is 22.2 Å². The van der Waals surface area contributed by atoms with E-state index in [2.05, 4.69) is 10.4 Å². The monoisotopic (exact) mass is 430 g/mol. The predicted molar refractivity (Wildman–Crippen MR) is 109 cm³/mol. The number of nitrogens with one attached hydrogen (secondary N) is 1. The van der Waals surface area contributed by atoms with Crippen molar-refractivity contribution < 1.29 is 14.4 Å². The van der Waals surface area contributed by atoms with Crippen LogP contribution in [0.15, 0.2) is 53.6 Å². The highest BCUT2D eigenvalue weighted by Crippen LogP contribution is 2.33. The Labute approximate surface area is 176 Å². The highest BCUT2D eigenvalue weighted by atomic mass is 35.5. The number of rotatable bonds is 4. The largest absolute Gasteiger partial charge is 0.329 e. The third kappa shape index (κ3) is 3.97. The zero-order chi connectivity index (χ0) is 20.5. The quantitative estimate of drug-likeness (QED) is 0.755. The summed E-state index contributed by atoms with van der Waals surface area (Å²) < 4.78 is 0. The van der Waals surface area contributed by atoms with Gasteiger partial charge in [-0.3, -0.25) is 14.5 Å². The zero-order valence-corrected chi connectivity index (χ0v) is 16.7. The van der Waals surface area contributed by atoms with Crippen LogP contribution in [-0.2, 0) is 9.59 Å². The van der Waals surface area contributed by atoms with Crippen LogP contribution in [0.1, 0.15) is 23.6 Å². The molecular weight excluding hydrogens is 415 g/mol. The molecule has 2 aliphatic rings. The summed E-state index contributed by atoms with van der Waals surface area (Å²) in [5.74, 6) is -0.883. The van der Waals surface area contributed by atoms with Gasteiger partial charge in [0.25, 0.3) is 11.8 Å². The Morgan fingerprint density at radius 1 is 1.03 bits per heavy atom. The molecule has 0 aromatic heterocycles. The van der Waals surface area contributed by atoms with Crippen molar-refractivity contribution in [3.05, 3.63) is 69.7 Å². The van der Waals surface area contributed by atoms with Crippen LogP contribution in [0, 0.1) is 0 Å². The highest BCUT2D eigenvalue weighted by molar-refractivity contribution is 6.31. The van der Waals surface area contributed by atoms with E-state index < -0.39 is 17.8 Å². The lowest BCUT2D eigenvalue weighted by atomic mass is 9.98. The molecule has 4 rings (SSSR count). The Hall–Kier alpha value is -2.90. The van der Waals surface area contributed by atoms with E-state index in [1.807, 2.05) is 24.3 Å². The average Bonchev–Trinajstić information content (AvgIpc) is 3.28. The molecule has 2 aromatic rings. The topological polar surface area (TPSA) is 82.1 Å². The molecule has 0 saturated carbocycles. The van der Waals surface area contributed by atoms with Gasteiger partial charge in [0, 0.05) is 16.5 Å². The van der Waals surface area contributed by atoms with Crippen molar-refractivity contribution in [3.63, 3.8) is 0 Å². The molecule has 0 bridgehead atoms. The van der Waals surface area contributed by atoms with Gasteiger partial charge >= 0.3 is 6.03 Å². The summed E-state index contributed by atoms with van der Waals surface area (Å²) in [7, 11) is 0. The summed E-state index contributed by atoms with van der Waals surface area (Å²) in [5, 5.41) is 9.45. The van der Waals surface area contributed by atoms with Gasteiger partial charge < -0.3 is 5.32 Å². The van der Waals surface area contributed by atoms with Gasteiger partial charge in [0.2, 0.25) is 0 Å². The number of nitrogens with zero attached hydrogens (tertiary/aromatic N) is 3. The fourth-order valence-electron chi connectivity index (χ4n) is 3.32. The number of hydrogen-bond donors (Lipinski definition) is 1. The van der Waals surface area contributed by atoms with Crippen molar-refractivity contribution >= 4 is 46.8 Å². The van der Waals surface area contributed by atoms with Crippen LogP contribution in [0.4, 0.5) is 4.79 Å². The summed E-state index contributed by atoms with van der Waals surface area (Å²) in [6.45, 7) is -0.474. The van der Waals surface area contributed by atoms with Crippen molar-refractivity contribution in [2.75, 3.05) is 13.1 Å². The van der Waals surface area contributed by atoms with Gasteiger partial charge in [0.1, 0.15) is 6.54 Å². The molecule has 4 amide bonds. The minimum Gasteiger partial charge on any atom is -0.329 e. The van der Waals surface area contributed by atoms with E-state index in [0.717, 1.165) is 16.0 Å². The van der Waals surface area contributed by atoms with Gasteiger partial charge in [0.15, 0.2) is 0 Å². The molecule has 0 radical (unpaired) electrons. The lowest BCUT2D eigenvalue weighted by Crippen LogP contribution is -2.41. The van der Waals surface area contributed by atoms with Crippen LogP contribution in [0.2, 0.25) is 10.0 Å². The highest BCUT2D eigenvalue weighted by Gasteiger charge is 2.37. The maximum atomic E-state index is 13.0. The summed E-state index contributed by atoms with van der Waals surface area (Å²) in [6, 6.07) is 13.4. The van der Waals surface area contributed by atoms with Crippen LogP contribution in [0.3, 0.4) is 0 Å². The number of amides is 4. The molecular formula is C20H16Cl2N4O3. The van der Waals surface area contributed by atoms with Gasteiger partial charge in [-0.1, -0.05) is 47.5 Å². The SMILES string of the molecule is O=C1CNC(=O)N1CC(=O)N1N=C(c2ccc(Cl)cc2)CC1c1ccc(Cl)cc1. The van der Waals surface area contributed by atoms with Crippen LogP contribution < -0.4 is 5.32 Å². The first-order chi connectivity index (χ1) is 13.9. The molecule has 1 saturated heterocycles. The minimum atomic E-state index is -0.576. The lowest BCUT2D eigenvalue weighted by Gasteiger charge is -2.23. The molecule has 0 spiro atoms. The Kier molecular flexibility index (Phi) is 5.25. The standard InChI is InChI=1S/C20H16Cl2N4O3/c21-14-5-1-12(2-6-14)16-9-17(13-3-7-15(22)8-4-13)26(24-16)19(28)11-25-18(27)10-23-20(25)29/h1-8,17H,9-11H2,(H,23,29). The Bertz CT molecular complexity index is 989. The number of halogens is 2. The second-order valence-electron chi connectivity index (χ2n) is 6.70. The van der Waals surface area contributed by atoms with Crippen molar-refractivity contribution in [3.8, 4) is 0 Å². The second kappa shape index (κ2) is 7.85. The lowest BCUT2D eigenvalue weighted by molar-refractivity contribution is -0.137. The predicted octanol–water partition coefficient (Wildman–Crippen LogP) is 3.22. The van der Waals surface area contributed by atoms with E-state index in [1.165, 1.54) is 5.01 Å². The number of imide groups is 1. The minimum absolute atomic E-state index is 0.105. The van der Waals surface area contributed by atoms with Crippen molar-refractivity contribution in [2.24, 2.45) is 5.10 Å². The van der Waals surface area contributed by atoms with Gasteiger partial charge in [-0.25, -0.2) is 9.80 Å². The van der Waals surface area contributed by atoms with Crippen molar-refractivity contribution in [2.45, 2.75) is 12.5 Å². The summed E-state index contributed by atoms with van der Waals surface area (Å²) in [4.78, 5) is 37.5. The zero-order valence-electron chi connectivity index (χ0n) is 15.1. The molecule has 2 aliphatic heterocycles. The fourth-order valence-corrected chi connectivity index (χ4v) is 3.58. The van der Waals surface area contributed by atoms with Gasteiger partial charge in [-0.15, -0.1) is 0 Å². The number of benzene rings is 2. The second-order valence-corrected chi connectivity index (χ2v) is 7.57. The van der Waals surface area contributed by atoms with E-state index in [1.54, 1.807) is 24.3 Å². The van der Waals surface area contributed by atoms with Crippen molar-refractivity contribution in [1.29, 1.82) is 0 Å². The molecule has 7 nitrogen and oxygen atoms in total. The first kappa shape index (κ1) is 19.4. The van der Waals surface area contributed by atoms with Crippen LogP contribution in [-0.4, -0.2) is 46.6 Å². The molecule has 148 valence electrons. The Morgan fingerprint density at radius 2 is 1.66 bits per heavy atom. The molecule has 1 fully saturated rings. The number of hydrazone groups is 1. The molecule has 0 aliphatic carbocycles. The fraction of sp³-hybridized carbons (Fsp3) is 0.200. The van der Waals surface area contributed by atoms with E-state index in [9.17, 15) is 14.4 Å². The molecule has 1 unspecified atom stereocenters. The van der Waals surface area contributed by atoms with Crippen molar-refractivity contribution in [1.82, 2.24) is 15.2 Å². The number of carbonyl (C=O) groups excluding carboxylic acids is 3. The normalized spacial score (nSPS) is 18.8. The Balaban J connectivity index is 1.64. The van der Waals surface area contributed by atoms with Crippen LogP contribution in [0.5, 0.6) is 0 Å². The molecule has 2 heterocycles. The summed E-state index contributed by atoms with van der Waals surface area (Å²) in [6.07, 6.45) is 0.481. The average molecular weight is 431 g/mol. The van der Waals surface area contributed by atoms with Gasteiger partial charge in [-0.05, 0) is 35.4 Å². The number of hydrogen-bond acceptors (Lipinski definition) is 4.